The zero-order valence-corrected chi connectivity index (χ0v) is 15.1. The number of esters is 1. The SMILES string of the molecule is COC(=O)CCN(CCCn1ccnc1)C(=O)Cc1ccccc1[N+](=O)[O-]. The molecule has 9 nitrogen and oxygen atoms in total. The normalized spacial score (nSPS) is 10.4. The van der Waals surface area contributed by atoms with Crippen molar-refractivity contribution in [3.63, 3.8) is 0 Å². The van der Waals surface area contributed by atoms with Crippen LogP contribution in [0.15, 0.2) is 43.0 Å². The van der Waals surface area contributed by atoms with Crippen LogP contribution in [-0.2, 0) is 27.3 Å². The molecule has 1 aromatic heterocycles. The van der Waals surface area contributed by atoms with Crippen molar-refractivity contribution in [1.29, 1.82) is 0 Å². The highest BCUT2D eigenvalue weighted by Crippen LogP contribution is 2.19. The van der Waals surface area contributed by atoms with Gasteiger partial charge in [-0.3, -0.25) is 19.7 Å². The second-order valence-electron chi connectivity index (χ2n) is 5.92. The number of carbonyl (C=O) groups excluding carboxylic acids is 2. The first kappa shape index (κ1) is 20.1. The maximum atomic E-state index is 12.7. The van der Waals surface area contributed by atoms with Gasteiger partial charge in [0.2, 0.25) is 5.91 Å². The second kappa shape index (κ2) is 10.0. The van der Waals surface area contributed by atoms with Crippen molar-refractivity contribution < 1.29 is 19.2 Å². The molecule has 0 fully saturated rings. The van der Waals surface area contributed by atoms with E-state index in [9.17, 15) is 19.7 Å². The second-order valence-corrected chi connectivity index (χ2v) is 5.92. The van der Waals surface area contributed by atoms with Gasteiger partial charge in [0.1, 0.15) is 0 Å². The predicted octanol–water partition coefficient (Wildman–Crippen LogP) is 1.82. The van der Waals surface area contributed by atoms with Gasteiger partial charge >= 0.3 is 5.97 Å². The molecule has 1 heterocycles. The Morgan fingerprint density at radius 2 is 2.07 bits per heavy atom. The summed E-state index contributed by atoms with van der Waals surface area (Å²) in [5, 5.41) is 11.1. The minimum atomic E-state index is -0.500. The fraction of sp³-hybridized carbons (Fsp3) is 0.389. The third-order valence-electron chi connectivity index (χ3n) is 4.10. The number of rotatable bonds is 10. The average Bonchev–Trinajstić information content (AvgIpc) is 3.17. The largest absolute Gasteiger partial charge is 0.469 e. The van der Waals surface area contributed by atoms with Gasteiger partial charge in [-0.15, -0.1) is 0 Å². The molecule has 1 amide bonds. The summed E-state index contributed by atoms with van der Waals surface area (Å²) in [5.41, 5.74) is 0.266. The number of hydrogen-bond donors (Lipinski definition) is 0. The summed E-state index contributed by atoms with van der Waals surface area (Å²) in [6.45, 7) is 1.30. The van der Waals surface area contributed by atoms with Gasteiger partial charge in [-0.05, 0) is 6.42 Å². The van der Waals surface area contributed by atoms with Crippen LogP contribution >= 0.6 is 0 Å². The van der Waals surface area contributed by atoms with Gasteiger partial charge in [0, 0.05) is 43.7 Å². The molecule has 0 spiro atoms. The van der Waals surface area contributed by atoms with Crippen LogP contribution in [0.2, 0.25) is 0 Å². The number of methoxy groups -OCH3 is 1. The first-order valence-electron chi connectivity index (χ1n) is 8.54. The van der Waals surface area contributed by atoms with E-state index in [1.54, 1.807) is 35.6 Å². The van der Waals surface area contributed by atoms with Crippen LogP contribution in [0.1, 0.15) is 18.4 Å². The van der Waals surface area contributed by atoms with Gasteiger partial charge in [-0.25, -0.2) is 4.98 Å². The molecule has 1 aromatic carbocycles. The lowest BCUT2D eigenvalue weighted by Gasteiger charge is -2.22. The molecule has 0 radical (unpaired) electrons. The molecular weight excluding hydrogens is 352 g/mol. The van der Waals surface area contributed by atoms with Crippen LogP contribution in [0.5, 0.6) is 0 Å². The lowest BCUT2D eigenvalue weighted by atomic mass is 10.1. The summed E-state index contributed by atoms with van der Waals surface area (Å²) >= 11 is 0. The van der Waals surface area contributed by atoms with Crippen LogP contribution in [0.25, 0.3) is 0 Å². The standard InChI is InChI=1S/C18H22N4O5/c1-27-18(24)7-11-21(10-4-9-20-12-8-19-14-20)17(23)13-15-5-2-3-6-16(15)22(25)26/h2-3,5-6,8,12,14H,4,7,9-11,13H2,1H3. The lowest BCUT2D eigenvalue weighted by molar-refractivity contribution is -0.385. The maximum absolute atomic E-state index is 12.7. The molecule has 0 N–H and O–H groups in total. The maximum Gasteiger partial charge on any atom is 0.307 e. The molecule has 0 saturated carbocycles. The van der Waals surface area contributed by atoms with Crippen LogP contribution < -0.4 is 0 Å². The number of amides is 1. The molecule has 27 heavy (non-hydrogen) atoms. The number of nitrogens with zero attached hydrogens (tertiary/aromatic N) is 4. The quantitative estimate of drug-likeness (QED) is 0.357. The summed E-state index contributed by atoms with van der Waals surface area (Å²) in [6, 6.07) is 6.17. The predicted molar refractivity (Wildman–Crippen MR) is 96.9 cm³/mol. The number of aryl methyl sites for hydroxylation is 1. The number of aromatic nitrogens is 2. The van der Waals surface area contributed by atoms with Gasteiger partial charge < -0.3 is 14.2 Å². The van der Waals surface area contributed by atoms with Crippen molar-refractivity contribution in [3.8, 4) is 0 Å². The molecule has 0 atom stereocenters. The van der Waals surface area contributed by atoms with Crippen LogP contribution in [0.4, 0.5) is 5.69 Å². The third kappa shape index (κ3) is 6.21. The Bertz CT molecular complexity index is 776. The van der Waals surface area contributed by atoms with Gasteiger partial charge in [0.15, 0.2) is 0 Å². The Labute approximate surface area is 156 Å². The van der Waals surface area contributed by atoms with E-state index in [2.05, 4.69) is 9.72 Å². The fourth-order valence-corrected chi connectivity index (χ4v) is 2.67. The number of hydrogen-bond acceptors (Lipinski definition) is 6. The van der Waals surface area contributed by atoms with Crippen molar-refractivity contribution >= 4 is 17.6 Å². The fourth-order valence-electron chi connectivity index (χ4n) is 2.67. The van der Waals surface area contributed by atoms with E-state index in [4.69, 9.17) is 0 Å². The molecular formula is C18H22N4O5. The Balaban J connectivity index is 2.02. The minimum absolute atomic E-state index is 0.0736. The molecule has 0 saturated heterocycles. The molecule has 0 aliphatic rings. The molecule has 0 unspecified atom stereocenters. The van der Waals surface area contributed by atoms with Crippen molar-refractivity contribution in [2.45, 2.75) is 25.8 Å². The van der Waals surface area contributed by atoms with Crippen molar-refractivity contribution in [1.82, 2.24) is 14.5 Å². The average molecular weight is 374 g/mol. The highest BCUT2D eigenvalue weighted by Gasteiger charge is 2.20. The summed E-state index contributed by atoms with van der Waals surface area (Å²) < 4.78 is 6.53. The summed E-state index contributed by atoms with van der Waals surface area (Å²) in [5.74, 6) is -0.674. The molecule has 9 heteroatoms. The van der Waals surface area contributed by atoms with Gasteiger partial charge in [0.25, 0.3) is 5.69 Å². The van der Waals surface area contributed by atoms with E-state index in [1.165, 1.54) is 13.2 Å². The Kier molecular flexibility index (Phi) is 7.48. The van der Waals surface area contributed by atoms with Gasteiger partial charge in [-0.2, -0.15) is 0 Å². The molecule has 2 aromatic rings. The van der Waals surface area contributed by atoms with Crippen molar-refractivity contribution in [2.75, 3.05) is 20.2 Å². The number of nitro groups is 1. The topological polar surface area (TPSA) is 108 Å². The Hall–Kier alpha value is -3.23. The smallest absolute Gasteiger partial charge is 0.307 e. The molecule has 2 rings (SSSR count). The van der Waals surface area contributed by atoms with Crippen LogP contribution in [0, 0.1) is 10.1 Å². The molecule has 144 valence electrons. The number of ether oxygens (including phenoxy) is 1. The summed E-state index contributed by atoms with van der Waals surface area (Å²) in [4.78, 5) is 40.3. The zero-order chi connectivity index (χ0) is 19.6. The first-order chi connectivity index (χ1) is 13.0. The van der Waals surface area contributed by atoms with Crippen molar-refractivity contribution in [3.05, 3.63) is 58.7 Å². The number of nitro benzene ring substituents is 1. The van der Waals surface area contributed by atoms with Gasteiger partial charge in [0.05, 0.1) is 31.2 Å². The number of benzene rings is 1. The molecule has 0 bridgehead atoms. The Morgan fingerprint density at radius 1 is 1.30 bits per heavy atom. The number of para-hydroxylation sites is 1. The molecule has 0 aliphatic carbocycles. The first-order valence-corrected chi connectivity index (χ1v) is 8.54. The lowest BCUT2D eigenvalue weighted by Crippen LogP contribution is -2.35. The van der Waals surface area contributed by atoms with E-state index in [1.807, 2.05) is 10.8 Å². The summed E-state index contributed by atoms with van der Waals surface area (Å²) in [6.07, 6.45) is 5.84. The van der Waals surface area contributed by atoms with Crippen molar-refractivity contribution in [2.24, 2.45) is 0 Å². The highest BCUT2D eigenvalue weighted by molar-refractivity contribution is 5.80. The van der Waals surface area contributed by atoms with E-state index in [0.29, 0.717) is 25.1 Å². The van der Waals surface area contributed by atoms with E-state index in [0.717, 1.165) is 0 Å². The molecule has 0 aliphatic heterocycles. The van der Waals surface area contributed by atoms with Crippen LogP contribution in [0.3, 0.4) is 0 Å². The summed E-state index contributed by atoms with van der Waals surface area (Å²) in [7, 11) is 1.29. The minimum Gasteiger partial charge on any atom is -0.469 e. The highest BCUT2D eigenvalue weighted by atomic mass is 16.6. The van der Waals surface area contributed by atoms with E-state index in [-0.39, 0.29) is 31.0 Å². The third-order valence-corrected chi connectivity index (χ3v) is 4.10. The van der Waals surface area contributed by atoms with Crippen LogP contribution in [-0.4, -0.2) is 51.5 Å². The van der Waals surface area contributed by atoms with Gasteiger partial charge in [-0.1, -0.05) is 18.2 Å². The van der Waals surface area contributed by atoms with E-state index >= 15 is 0 Å². The monoisotopic (exact) mass is 374 g/mol. The zero-order valence-electron chi connectivity index (χ0n) is 15.1. The number of imidazole rings is 1. The van der Waals surface area contributed by atoms with E-state index < -0.39 is 10.9 Å². The number of carbonyl (C=O) groups is 2. The Morgan fingerprint density at radius 3 is 2.74 bits per heavy atom.